The molecule has 0 saturated carbocycles. The van der Waals surface area contributed by atoms with Gasteiger partial charge in [-0.25, -0.2) is 4.79 Å². The third kappa shape index (κ3) is 3.24. The molecule has 0 spiro atoms. The predicted molar refractivity (Wildman–Crippen MR) is 73.6 cm³/mol. The van der Waals surface area contributed by atoms with Crippen molar-refractivity contribution < 1.29 is 19.1 Å². The zero-order valence-electron chi connectivity index (χ0n) is 9.90. The normalized spacial score (nSPS) is 10.4. The summed E-state index contributed by atoms with van der Waals surface area (Å²) in [6, 6.07) is 4.67. The summed E-state index contributed by atoms with van der Waals surface area (Å²) in [5, 5.41) is 11.4. The molecular formula is C12H10BrNO4S. The van der Waals surface area contributed by atoms with Crippen molar-refractivity contribution in [2.24, 2.45) is 0 Å². The summed E-state index contributed by atoms with van der Waals surface area (Å²) in [5.74, 6) is -1.08. The van der Waals surface area contributed by atoms with E-state index in [-0.39, 0.29) is 18.2 Å². The van der Waals surface area contributed by atoms with Crippen LogP contribution in [0.2, 0.25) is 0 Å². The minimum Gasteiger partial charge on any atom is -0.475 e. The van der Waals surface area contributed by atoms with Crippen LogP contribution < -0.4 is 5.32 Å². The zero-order valence-corrected chi connectivity index (χ0v) is 12.3. The van der Waals surface area contributed by atoms with E-state index in [9.17, 15) is 9.59 Å². The van der Waals surface area contributed by atoms with Crippen molar-refractivity contribution in [3.8, 4) is 0 Å². The van der Waals surface area contributed by atoms with E-state index in [0.29, 0.717) is 10.6 Å². The number of carbonyl (C=O) groups is 2. The summed E-state index contributed by atoms with van der Waals surface area (Å²) >= 11 is 4.70. The van der Waals surface area contributed by atoms with E-state index in [2.05, 4.69) is 21.2 Å². The molecule has 0 unspecified atom stereocenters. The van der Waals surface area contributed by atoms with Gasteiger partial charge < -0.3 is 14.8 Å². The molecule has 100 valence electrons. The first-order valence-corrected chi connectivity index (χ1v) is 6.94. The lowest BCUT2D eigenvalue weighted by Gasteiger charge is -2.00. The highest BCUT2D eigenvalue weighted by Gasteiger charge is 2.13. The number of carboxylic acids is 1. The van der Waals surface area contributed by atoms with Gasteiger partial charge in [0.15, 0.2) is 0 Å². The van der Waals surface area contributed by atoms with Gasteiger partial charge in [0.05, 0.1) is 15.2 Å². The zero-order chi connectivity index (χ0) is 14.0. The van der Waals surface area contributed by atoms with Crippen molar-refractivity contribution in [3.63, 3.8) is 0 Å². The molecule has 19 heavy (non-hydrogen) atoms. The molecular weight excluding hydrogens is 334 g/mol. The maximum Gasteiger partial charge on any atom is 0.371 e. The third-order valence-corrected chi connectivity index (χ3v) is 4.51. The van der Waals surface area contributed by atoms with E-state index in [1.165, 1.54) is 23.5 Å². The molecule has 0 aliphatic heterocycles. The van der Waals surface area contributed by atoms with E-state index >= 15 is 0 Å². The summed E-state index contributed by atoms with van der Waals surface area (Å²) in [7, 11) is 0. The first-order valence-electron chi connectivity index (χ1n) is 5.33. The monoisotopic (exact) mass is 343 g/mol. The summed E-state index contributed by atoms with van der Waals surface area (Å²) in [6.07, 6.45) is 0. The molecule has 0 aliphatic carbocycles. The molecule has 2 aromatic rings. The number of hydrogen-bond acceptors (Lipinski definition) is 4. The van der Waals surface area contributed by atoms with Gasteiger partial charge in [-0.3, -0.25) is 4.79 Å². The Bertz CT molecular complexity index is 612. The van der Waals surface area contributed by atoms with Crippen molar-refractivity contribution >= 4 is 39.1 Å². The fourth-order valence-electron chi connectivity index (χ4n) is 1.41. The number of hydrogen-bond donors (Lipinski definition) is 2. The van der Waals surface area contributed by atoms with Crippen LogP contribution in [0.25, 0.3) is 0 Å². The molecule has 0 saturated heterocycles. The van der Waals surface area contributed by atoms with Gasteiger partial charge in [0.1, 0.15) is 5.76 Å². The number of furan rings is 1. The first-order chi connectivity index (χ1) is 8.97. The first kappa shape index (κ1) is 13.8. The largest absolute Gasteiger partial charge is 0.475 e. The Morgan fingerprint density at radius 1 is 1.47 bits per heavy atom. The highest BCUT2D eigenvalue weighted by atomic mass is 79.9. The molecule has 2 N–H and O–H groups in total. The van der Waals surface area contributed by atoms with Crippen LogP contribution in [0.15, 0.2) is 26.4 Å². The minimum absolute atomic E-state index is 0.140. The highest BCUT2D eigenvalue weighted by molar-refractivity contribution is 9.11. The second-order valence-corrected chi connectivity index (χ2v) is 6.19. The molecule has 0 aromatic carbocycles. The van der Waals surface area contributed by atoms with E-state index in [0.717, 1.165) is 9.35 Å². The van der Waals surface area contributed by atoms with Gasteiger partial charge in [-0.2, -0.15) is 0 Å². The van der Waals surface area contributed by atoms with Gasteiger partial charge in [0, 0.05) is 0 Å². The fraction of sp³-hybridized carbons (Fsp3) is 0.167. The molecule has 0 bridgehead atoms. The van der Waals surface area contributed by atoms with E-state index in [1.807, 2.05) is 6.92 Å². The number of amides is 1. The van der Waals surface area contributed by atoms with Crippen LogP contribution in [-0.2, 0) is 6.54 Å². The van der Waals surface area contributed by atoms with Gasteiger partial charge in [-0.1, -0.05) is 0 Å². The number of aromatic carboxylic acids is 1. The van der Waals surface area contributed by atoms with Crippen LogP contribution in [-0.4, -0.2) is 17.0 Å². The van der Waals surface area contributed by atoms with E-state index < -0.39 is 5.97 Å². The SMILES string of the molecule is Cc1cc(C(=O)NCc2ccc(C(=O)O)o2)sc1Br. The average Bonchev–Trinajstić information content (AvgIpc) is 2.94. The van der Waals surface area contributed by atoms with Gasteiger partial charge in [0.2, 0.25) is 5.76 Å². The molecule has 5 nitrogen and oxygen atoms in total. The Balaban J connectivity index is 1.98. The number of carboxylic acid groups (broad SMARTS) is 1. The van der Waals surface area contributed by atoms with Crippen LogP contribution in [0.5, 0.6) is 0 Å². The lowest BCUT2D eigenvalue weighted by molar-refractivity contribution is 0.0660. The highest BCUT2D eigenvalue weighted by Crippen LogP contribution is 2.27. The van der Waals surface area contributed by atoms with Gasteiger partial charge in [-0.05, 0) is 46.6 Å². The fourth-order valence-corrected chi connectivity index (χ4v) is 2.87. The van der Waals surface area contributed by atoms with Crippen LogP contribution >= 0.6 is 27.3 Å². The summed E-state index contributed by atoms with van der Waals surface area (Å²) < 4.78 is 5.96. The van der Waals surface area contributed by atoms with E-state index in [4.69, 9.17) is 9.52 Å². The number of halogens is 1. The molecule has 0 radical (unpaired) electrons. The summed E-state index contributed by atoms with van der Waals surface area (Å²) in [6.45, 7) is 2.06. The molecule has 0 fully saturated rings. The smallest absolute Gasteiger partial charge is 0.371 e. The van der Waals surface area contributed by atoms with Gasteiger partial charge in [-0.15, -0.1) is 11.3 Å². The molecule has 7 heteroatoms. The standard InChI is InChI=1S/C12H10BrNO4S/c1-6-4-9(19-10(6)13)11(15)14-5-7-2-3-8(18-7)12(16)17/h2-4H,5H2,1H3,(H,14,15)(H,16,17). The molecule has 1 amide bonds. The van der Waals surface area contributed by atoms with Crippen LogP contribution in [0.3, 0.4) is 0 Å². The molecule has 2 rings (SSSR count). The Labute approximate surface area is 121 Å². The van der Waals surface area contributed by atoms with Gasteiger partial charge in [0.25, 0.3) is 5.91 Å². The van der Waals surface area contributed by atoms with Crippen molar-refractivity contribution in [1.29, 1.82) is 0 Å². The topological polar surface area (TPSA) is 79.5 Å². The maximum absolute atomic E-state index is 11.8. The van der Waals surface area contributed by atoms with Crippen LogP contribution in [0.1, 0.15) is 31.6 Å². The maximum atomic E-state index is 11.8. The Morgan fingerprint density at radius 3 is 2.74 bits per heavy atom. The second-order valence-electron chi connectivity index (χ2n) is 3.82. The quantitative estimate of drug-likeness (QED) is 0.894. The minimum atomic E-state index is -1.13. The molecule has 2 heterocycles. The lowest BCUT2D eigenvalue weighted by Crippen LogP contribution is -2.21. The molecule has 2 aromatic heterocycles. The van der Waals surface area contributed by atoms with Crippen molar-refractivity contribution in [1.82, 2.24) is 5.32 Å². The van der Waals surface area contributed by atoms with Crippen LogP contribution in [0, 0.1) is 6.92 Å². The number of rotatable bonds is 4. The number of carbonyl (C=O) groups excluding carboxylic acids is 1. The molecule has 0 atom stereocenters. The molecule has 0 aliphatic rings. The van der Waals surface area contributed by atoms with Gasteiger partial charge >= 0.3 is 5.97 Å². The number of thiophene rings is 1. The average molecular weight is 344 g/mol. The summed E-state index contributed by atoms with van der Waals surface area (Å²) in [4.78, 5) is 23.1. The van der Waals surface area contributed by atoms with Crippen molar-refractivity contribution in [3.05, 3.63) is 43.9 Å². The second kappa shape index (κ2) is 5.58. The van der Waals surface area contributed by atoms with Crippen molar-refractivity contribution in [2.75, 3.05) is 0 Å². The Hall–Kier alpha value is -1.60. The van der Waals surface area contributed by atoms with Crippen LogP contribution in [0.4, 0.5) is 0 Å². The third-order valence-electron chi connectivity index (χ3n) is 2.38. The van der Waals surface area contributed by atoms with E-state index in [1.54, 1.807) is 6.07 Å². The Kier molecular flexibility index (Phi) is 4.06. The predicted octanol–water partition coefficient (Wildman–Crippen LogP) is 3.04. The number of nitrogens with one attached hydrogen (secondary N) is 1. The van der Waals surface area contributed by atoms with Crippen molar-refractivity contribution in [2.45, 2.75) is 13.5 Å². The lowest BCUT2D eigenvalue weighted by atomic mass is 10.3. The Morgan fingerprint density at radius 2 is 2.21 bits per heavy atom. The number of aryl methyl sites for hydroxylation is 1. The summed E-state index contributed by atoms with van der Waals surface area (Å²) in [5.41, 5.74) is 1.00.